The van der Waals surface area contributed by atoms with E-state index in [9.17, 15) is 18.0 Å². The summed E-state index contributed by atoms with van der Waals surface area (Å²) in [5.74, 6) is 1.66. The summed E-state index contributed by atoms with van der Waals surface area (Å²) in [6.45, 7) is 2.91. The molecule has 1 saturated heterocycles. The second-order valence-corrected chi connectivity index (χ2v) is 6.54. The molecule has 2 fully saturated rings. The van der Waals surface area contributed by atoms with Gasteiger partial charge in [0.2, 0.25) is 0 Å². The molecule has 1 aliphatic carbocycles. The summed E-state index contributed by atoms with van der Waals surface area (Å²) < 4.78 is 32.4. The molecule has 0 bridgehead atoms. The number of nitrogens with zero attached hydrogens (tertiary/aromatic N) is 1. The zero-order chi connectivity index (χ0) is 16.9. The van der Waals surface area contributed by atoms with Gasteiger partial charge in [-0.05, 0) is 38.8 Å². The third kappa shape index (κ3) is 4.93. The Hall–Kier alpha value is -1.11. The number of amides is 1. The summed E-state index contributed by atoms with van der Waals surface area (Å²) >= 11 is 0. The Morgan fingerprint density at radius 2 is 1.74 bits per heavy atom. The van der Waals surface area contributed by atoms with Gasteiger partial charge in [0.25, 0.3) is 5.91 Å². The summed E-state index contributed by atoms with van der Waals surface area (Å²) in [5.41, 5.74) is -0.419. The molecule has 2 aliphatic heterocycles. The van der Waals surface area contributed by atoms with Crippen LogP contribution in [-0.4, -0.2) is 36.5 Å². The summed E-state index contributed by atoms with van der Waals surface area (Å²) in [7, 11) is 0. The van der Waals surface area contributed by atoms with E-state index in [1.807, 2.05) is 0 Å². The van der Waals surface area contributed by atoms with E-state index < -0.39 is 18.1 Å². The van der Waals surface area contributed by atoms with Crippen LogP contribution in [0, 0.1) is 5.92 Å². The number of piperidine rings is 1. The molecule has 2 heterocycles. The van der Waals surface area contributed by atoms with Crippen molar-refractivity contribution in [2.24, 2.45) is 10.9 Å². The number of amidine groups is 1. The minimum Gasteiger partial charge on any atom is -0.317 e. The lowest BCUT2D eigenvalue weighted by Crippen LogP contribution is -2.47. The third-order valence-corrected chi connectivity index (χ3v) is 4.82. The van der Waals surface area contributed by atoms with E-state index in [4.69, 9.17) is 4.99 Å². The molecule has 0 unspecified atom stereocenters. The fourth-order valence-corrected chi connectivity index (χ4v) is 3.29. The SMILES string of the molecule is CCC(F)(F)F.O=C1NC(C2CCCCC2)=NC12CCNCC2. The highest BCUT2D eigenvalue weighted by Gasteiger charge is 2.45. The van der Waals surface area contributed by atoms with Gasteiger partial charge in [-0.15, -0.1) is 0 Å². The summed E-state index contributed by atoms with van der Waals surface area (Å²) in [4.78, 5) is 17.0. The molecule has 132 valence electrons. The second-order valence-electron chi connectivity index (χ2n) is 6.54. The molecular weight excluding hydrogens is 307 g/mol. The van der Waals surface area contributed by atoms with Crippen LogP contribution in [0.4, 0.5) is 13.2 Å². The highest BCUT2D eigenvalue weighted by molar-refractivity contribution is 6.09. The van der Waals surface area contributed by atoms with Gasteiger partial charge < -0.3 is 10.6 Å². The minimum atomic E-state index is -3.96. The monoisotopic (exact) mass is 333 g/mol. The van der Waals surface area contributed by atoms with E-state index in [0.29, 0.717) is 5.92 Å². The van der Waals surface area contributed by atoms with Gasteiger partial charge in [-0.1, -0.05) is 26.2 Å². The number of hydrogen-bond donors (Lipinski definition) is 2. The molecule has 3 aliphatic rings. The molecule has 23 heavy (non-hydrogen) atoms. The van der Waals surface area contributed by atoms with E-state index in [1.165, 1.54) is 32.1 Å². The smallest absolute Gasteiger partial charge is 0.317 e. The van der Waals surface area contributed by atoms with Crippen LogP contribution in [0.1, 0.15) is 58.3 Å². The summed E-state index contributed by atoms with van der Waals surface area (Å²) in [6, 6.07) is 0. The average Bonchev–Trinajstić information content (AvgIpc) is 2.85. The van der Waals surface area contributed by atoms with Crippen molar-refractivity contribution in [1.82, 2.24) is 10.6 Å². The minimum absolute atomic E-state index is 0.152. The van der Waals surface area contributed by atoms with Crippen molar-refractivity contribution in [1.29, 1.82) is 0 Å². The van der Waals surface area contributed by atoms with Gasteiger partial charge in [-0.3, -0.25) is 9.79 Å². The molecule has 0 aromatic rings. The number of carbonyl (C=O) groups excluding carboxylic acids is 1. The molecule has 1 saturated carbocycles. The highest BCUT2D eigenvalue weighted by Crippen LogP contribution is 2.32. The van der Waals surface area contributed by atoms with Crippen LogP contribution in [-0.2, 0) is 4.79 Å². The van der Waals surface area contributed by atoms with E-state index in [0.717, 1.165) is 38.7 Å². The highest BCUT2D eigenvalue weighted by atomic mass is 19.4. The number of halogens is 3. The van der Waals surface area contributed by atoms with Gasteiger partial charge in [-0.25, -0.2) is 0 Å². The zero-order valence-electron chi connectivity index (χ0n) is 13.6. The van der Waals surface area contributed by atoms with E-state index in [1.54, 1.807) is 0 Å². The maximum atomic E-state index is 12.2. The number of carbonyl (C=O) groups is 1. The van der Waals surface area contributed by atoms with Gasteiger partial charge >= 0.3 is 6.18 Å². The maximum absolute atomic E-state index is 12.2. The Labute approximate surface area is 135 Å². The molecule has 3 rings (SSSR count). The summed E-state index contributed by atoms with van der Waals surface area (Å²) in [6.07, 6.45) is 3.34. The molecule has 4 nitrogen and oxygen atoms in total. The molecule has 1 amide bonds. The van der Waals surface area contributed by atoms with Crippen molar-refractivity contribution in [3.8, 4) is 0 Å². The quantitative estimate of drug-likeness (QED) is 0.774. The van der Waals surface area contributed by atoms with Gasteiger partial charge in [0.15, 0.2) is 0 Å². The lowest BCUT2D eigenvalue weighted by Gasteiger charge is -2.28. The average molecular weight is 333 g/mol. The first-order valence-electron chi connectivity index (χ1n) is 8.55. The number of aliphatic imine (C=N–C) groups is 1. The molecule has 0 atom stereocenters. The molecule has 1 spiro atoms. The number of rotatable bonds is 1. The first-order valence-corrected chi connectivity index (χ1v) is 8.55. The second kappa shape index (κ2) is 7.64. The Morgan fingerprint density at radius 3 is 2.26 bits per heavy atom. The van der Waals surface area contributed by atoms with Crippen LogP contribution in [0.25, 0.3) is 0 Å². The zero-order valence-corrected chi connectivity index (χ0v) is 13.6. The van der Waals surface area contributed by atoms with E-state index >= 15 is 0 Å². The molecule has 7 heteroatoms. The van der Waals surface area contributed by atoms with Crippen LogP contribution in [0.15, 0.2) is 4.99 Å². The van der Waals surface area contributed by atoms with Gasteiger partial charge in [0.05, 0.1) is 0 Å². The van der Waals surface area contributed by atoms with E-state index in [2.05, 4.69) is 10.6 Å². The van der Waals surface area contributed by atoms with Crippen LogP contribution in [0.3, 0.4) is 0 Å². The van der Waals surface area contributed by atoms with Crippen molar-refractivity contribution < 1.29 is 18.0 Å². The van der Waals surface area contributed by atoms with Crippen molar-refractivity contribution in [2.45, 2.75) is 70.0 Å². The Morgan fingerprint density at radius 1 is 1.17 bits per heavy atom. The Bertz CT molecular complexity index is 436. The van der Waals surface area contributed by atoms with Crippen LogP contribution < -0.4 is 10.6 Å². The predicted molar refractivity (Wildman–Crippen MR) is 83.3 cm³/mol. The predicted octanol–water partition coefficient (Wildman–Crippen LogP) is 3.18. The molecule has 0 aromatic carbocycles. The number of nitrogens with one attached hydrogen (secondary N) is 2. The van der Waals surface area contributed by atoms with Gasteiger partial charge in [0, 0.05) is 12.3 Å². The largest absolute Gasteiger partial charge is 0.388 e. The number of alkyl halides is 3. The van der Waals surface area contributed by atoms with Crippen molar-refractivity contribution in [2.75, 3.05) is 13.1 Å². The fourth-order valence-electron chi connectivity index (χ4n) is 3.29. The third-order valence-electron chi connectivity index (χ3n) is 4.82. The Balaban J connectivity index is 0.000000277. The van der Waals surface area contributed by atoms with Crippen LogP contribution >= 0.6 is 0 Å². The topological polar surface area (TPSA) is 53.5 Å². The fraction of sp³-hybridized carbons (Fsp3) is 0.875. The first kappa shape index (κ1) is 18.2. The first-order chi connectivity index (χ1) is 10.9. The lowest BCUT2D eigenvalue weighted by atomic mass is 9.88. The van der Waals surface area contributed by atoms with Crippen LogP contribution in [0.5, 0.6) is 0 Å². The standard InChI is InChI=1S/C13H21N3O.C3H5F3/c17-12-13(6-8-14-9-7-13)16-11(15-12)10-4-2-1-3-5-10;1-2-3(4,5)6/h10,14H,1-9H2,(H,15,16,17);2H2,1H3. The normalized spacial score (nSPS) is 24.7. The summed E-state index contributed by atoms with van der Waals surface area (Å²) in [5, 5.41) is 6.37. The molecule has 0 radical (unpaired) electrons. The molecule has 2 N–H and O–H groups in total. The maximum Gasteiger partial charge on any atom is 0.388 e. The van der Waals surface area contributed by atoms with Crippen molar-refractivity contribution >= 4 is 11.7 Å². The van der Waals surface area contributed by atoms with Crippen molar-refractivity contribution in [3.05, 3.63) is 0 Å². The Kier molecular flexibility index (Phi) is 6.06. The molecular formula is C16H26F3N3O. The van der Waals surface area contributed by atoms with Gasteiger partial charge in [-0.2, -0.15) is 13.2 Å². The van der Waals surface area contributed by atoms with Crippen LogP contribution in [0.2, 0.25) is 0 Å². The van der Waals surface area contributed by atoms with E-state index in [-0.39, 0.29) is 5.91 Å². The number of hydrogen-bond acceptors (Lipinski definition) is 3. The molecule has 0 aromatic heterocycles. The van der Waals surface area contributed by atoms with Crippen molar-refractivity contribution in [3.63, 3.8) is 0 Å². The van der Waals surface area contributed by atoms with Gasteiger partial charge in [0.1, 0.15) is 11.4 Å². The lowest BCUT2D eigenvalue weighted by molar-refractivity contribution is -0.130.